The molecule has 3 aromatic carbocycles. The van der Waals surface area contributed by atoms with Crippen molar-refractivity contribution in [3.63, 3.8) is 0 Å². The summed E-state index contributed by atoms with van der Waals surface area (Å²) in [5.41, 5.74) is 4.31. The number of phenols is 1. The number of anilines is 1. The van der Waals surface area contributed by atoms with Gasteiger partial charge in [-0.2, -0.15) is 0 Å². The normalized spacial score (nSPS) is 13.8. The van der Waals surface area contributed by atoms with Crippen LogP contribution in [0.4, 0.5) is 5.69 Å². The summed E-state index contributed by atoms with van der Waals surface area (Å²) in [4.78, 5) is 27.9. The predicted octanol–water partition coefficient (Wildman–Crippen LogP) is 4.04. The molecule has 0 aromatic heterocycles. The molecule has 0 unspecified atom stereocenters. The Morgan fingerprint density at radius 2 is 1.56 bits per heavy atom. The number of nitrogens with zero attached hydrogens (tertiary/aromatic N) is 2. The van der Waals surface area contributed by atoms with Crippen LogP contribution in [0.3, 0.4) is 0 Å². The molecule has 1 aliphatic heterocycles. The van der Waals surface area contributed by atoms with Crippen molar-refractivity contribution < 1.29 is 19.8 Å². The third-order valence-corrected chi connectivity index (χ3v) is 5.89. The summed E-state index contributed by atoms with van der Waals surface area (Å²) in [6.07, 6.45) is 1.07. The van der Waals surface area contributed by atoms with Crippen molar-refractivity contribution in [2.75, 3.05) is 31.1 Å². The maximum atomic E-state index is 12.8. The van der Waals surface area contributed by atoms with Crippen LogP contribution in [0.1, 0.15) is 22.3 Å². The first-order valence-corrected chi connectivity index (χ1v) is 10.7. The van der Waals surface area contributed by atoms with Crippen LogP contribution < -0.4 is 4.90 Å². The molecule has 164 valence electrons. The average Bonchev–Trinajstić information content (AvgIpc) is 2.83. The van der Waals surface area contributed by atoms with Crippen molar-refractivity contribution in [3.8, 4) is 16.9 Å². The lowest BCUT2D eigenvalue weighted by Crippen LogP contribution is -2.48. The van der Waals surface area contributed by atoms with Gasteiger partial charge in [-0.25, -0.2) is 4.79 Å². The standard InChI is InChI=1S/C26H26N2O4/c29-23-6-3-5-21(18-23)24-7-2-1-4-19(24)10-13-25(30)28-16-14-27(15-17-28)22-11-8-20(9-12-22)26(31)32/h1-9,11-12,18,29H,10,13-17H2,(H,31,32). The average molecular weight is 431 g/mol. The van der Waals surface area contributed by atoms with Crippen LogP contribution in [0.15, 0.2) is 72.8 Å². The van der Waals surface area contributed by atoms with Crippen molar-refractivity contribution in [2.45, 2.75) is 12.8 Å². The van der Waals surface area contributed by atoms with Crippen LogP contribution in [0.2, 0.25) is 0 Å². The molecule has 1 amide bonds. The Hall–Kier alpha value is -3.80. The highest BCUT2D eigenvalue weighted by Crippen LogP contribution is 2.27. The predicted molar refractivity (Wildman–Crippen MR) is 124 cm³/mol. The van der Waals surface area contributed by atoms with E-state index in [4.69, 9.17) is 5.11 Å². The van der Waals surface area contributed by atoms with Crippen LogP contribution in [-0.2, 0) is 11.2 Å². The summed E-state index contributed by atoms with van der Waals surface area (Å²) in [6, 6.07) is 22.0. The smallest absolute Gasteiger partial charge is 0.335 e. The van der Waals surface area contributed by atoms with Gasteiger partial charge in [-0.05, 0) is 59.5 Å². The zero-order valence-electron chi connectivity index (χ0n) is 17.8. The number of rotatable bonds is 6. The van der Waals surface area contributed by atoms with E-state index in [0.29, 0.717) is 25.9 Å². The third-order valence-electron chi connectivity index (χ3n) is 5.89. The van der Waals surface area contributed by atoms with Gasteiger partial charge in [0.15, 0.2) is 0 Å². The molecule has 6 nitrogen and oxygen atoms in total. The van der Waals surface area contributed by atoms with Gasteiger partial charge in [0.05, 0.1) is 5.56 Å². The Morgan fingerprint density at radius 1 is 0.844 bits per heavy atom. The van der Waals surface area contributed by atoms with Crippen molar-refractivity contribution >= 4 is 17.6 Å². The van der Waals surface area contributed by atoms with Gasteiger partial charge in [-0.15, -0.1) is 0 Å². The Balaban J connectivity index is 1.34. The van der Waals surface area contributed by atoms with Gasteiger partial charge in [0.25, 0.3) is 0 Å². The molecule has 1 heterocycles. The largest absolute Gasteiger partial charge is 0.508 e. The SMILES string of the molecule is O=C(O)c1ccc(N2CCN(C(=O)CCc3ccccc3-c3cccc(O)c3)CC2)cc1. The summed E-state index contributed by atoms with van der Waals surface area (Å²) in [7, 11) is 0. The molecular weight excluding hydrogens is 404 g/mol. The molecule has 3 aromatic rings. The molecule has 0 spiro atoms. The first kappa shape index (κ1) is 21.4. The maximum absolute atomic E-state index is 12.8. The second-order valence-electron chi connectivity index (χ2n) is 7.93. The number of aryl methyl sites for hydroxylation is 1. The lowest BCUT2D eigenvalue weighted by atomic mass is 9.96. The fourth-order valence-corrected chi connectivity index (χ4v) is 4.12. The molecule has 1 saturated heterocycles. The molecule has 32 heavy (non-hydrogen) atoms. The number of aromatic hydroxyl groups is 1. The van der Waals surface area contributed by atoms with Gasteiger partial charge in [0.1, 0.15) is 5.75 Å². The van der Waals surface area contributed by atoms with Crippen LogP contribution in [0, 0.1) is 0 Å². The van der Waals surface area contributed by atoms with Crippen molar-refractivity contribution in [2.24, 2.45) is 0 Å². The summed E-state index contributed by atoms with van der Waals surface area (Å²) < 4.78 is 0. The number of carboxylic acids is 1. The van der Waals surface area contributed by atoms with Gasteiger partial charge in [0.2, 0.25) is 5.91 Å². The molecule has 2 N–H and O–H groups in total. The van der Waals surface area contributed by atoms with E-state index >= 15 is 0 Å². The summed E-state index contributed by atoms with van der Waals surface area (Å²) >= 11 is 0. The second-order valence-corrected chi connectivity index (χ2v) is 7.93. The van der Waals surface area contributed by atoms with Gasteiger partial charge in [-0.1, -0.05) is 36.4 Å². The Morgan fingerprint density at radius 3 is 2.25 bits per heavy atom. The molecule has 0 bridgehead atoms. The molecule has 1 fully saturated rings. The van der Waals surface area contributed by atoms with E-state index in [9.17, 15) is 14.7 Å². The summed E-state index contributed by atoms with van der Waals surface area (Å²) in [6.45, 7) is 2.73. The Kier molecular flexibility index (Phi) is 6.40. The first-order valence-electron chi connectivity index (χ1n) is 10.7. The number of hydrogen-bond acceptors (Lipinski definition) is 4. The van der Waals surface area contributed by atoms with Gasteiger partial charge in [0, 0.05) is 38.3 Å². The van der Waals surface area contributed by atoms with Crippen LogP contribution >= 0.6 is 0 Å². The van der Waals surface area contributed by atoms with E-state index in [-0.39, 0.29) is 17.2 Å². The zero-order valence-corrected chi connectivity index (χ0v) is 17.8. The number of benzene rings is 3. The summed E-state index contributed by atoms with van der Waals surface area (Å²) in [5.74, 6) is -0.571. The molecule has 0 radical (unpaired) electrons. The molecule has 1 aliphatic rings. The van der Waals surface area contributed by atoms with E-state index in [1.54, 1.807) is 24.3 Å². The van der Waals surface area contributed by atoms with Crippen molar-refractivity contribution in [1.82, 2.24) is 4.90 Å². The fourth-order valence-electron chi connectivity index (χ4n) is 4.12. The number of carbonyl (C=O) groups is 2. The topological polar surface area (TPSA) is 81.1 Å². The monoisotopic (exact) mass is 430 g/mol. The van der Waals surface area contributed by atoms with Crippen molar-refractivity contribution in [3.05, 3.63) is 83.9 Å². The highest BCUT2D eigenvalue weighted by molar-refractivity contribution is 5.88. The van der Waals surface area contributed by atoms with E-state index in [1.165, 1.54) is 0 Å². The first-order chi connectivity index (χ1) is 15.5. The zero-order chi connectivity index (χ0) is 22.5. The van der Waals surface area contributed by atoms with E-state index < -0.39 is 5.97 Å². The van der Waals surface area contributed by atoms with Crippen molar-refractivity contribution in [1.29, 1.82) is 0 Å². The van der Waals surface area contributed by atoms with Gasteiger partial charge >= 0.3 is 5.97 Å². The Labute approximate surface area is 187 Å². The van der Waals surface area contributed by atoms with E-state index in [1.807, 2.05) is 53.4 Å². The minimum absolute atomic E-state index is 0.136. The minimum Gasteiger partial charge on any atom is -0.508 e. The number of piperazine rings is 1. The van der Waals surface area contributed by atoms with Crippen LogP contribution in [0.5, 0.6) is 5.75 Å². The van der Waals surface area contributed by atoms with Crippen LogP contribution in [0.25, 0.3) is 11.1 Å². The highest BCUT2D eigenvalue weighted by Gasteiger charge is 2.21. The minimum atomic E-state index is -0.933. The molecule has 0 aliphatic carbocycles. The van der Waals surface area contributed by atoms with Gasteiger partial charge < -0.3 is 20.0 Å². The molecule has 4 rings (SSSR count). The third kappa shape index (κ3) is 4.91. The van der Waals surface area contributed by atoms with Gasteiger partial charge in [-0.3, -0.25) is 4.79 Å². The number of amides is 1. The number of aromatic carboxylic acids is 1. The second kappa shape index (κ2) is 9.56. The molecule has 0 saturated carbocycles. The Bertz CT molecular complexity index is 1100. The molecular formula is C26H26N2O4. The highest BCUT2D eigenvalue weighted by atomic mass is 16.4. The molecule has 0 atom stereocenters. The number of hydrogen-bond donors (Lipinski definition) is 2. The number of carbonyl (C=O) groups excluding carboxylic acids is 1. The molecule has 6 heteroatoms. The van der Waals surface area contributed by atoms with Crippen LogP contribution in [-0.4, -0.2) is 53.2 Å². The summed E-state index contributed by atoms with van der Waals surface area (Å²) in [5, 5.41) is 18.8. The van der Waals surface area contributed by atoms with E-state index in [2.05, 4.69) is 4.90 Å². The lowest BCUT2D eigenvalue weighted by molar-refractivity contribution is -0.131. The number of carboxylic acid groups (broad SMARTS) is 1. The lowest BCUT2D eigenvalue weighted by Gasteiger charge is -2.36. The number of phenolic OH excluding ortho intramolecular Hbond substituents is 1. The van der Waals surface area contributed by atoms with E-state index in [0.717, 1.165) is 35.5 Å². The quantitative estimate of drug-likeness (QED) is 0.617. The fraction of sp³-hybridized carbons (Fsp3) is 0.231. The maximum Gasteiger partial charge on any atom is 0.335 e.